The van der Waals surface area contributed by atoms with E-state index in [0.717, 1.165) is 22.4 Å². The van der Waals surface area contributed by atoms with Crippen LogP contribution >= 0.6 is 0 Å². The van der Waals surface area contributed by atoms with Crippen molar-refractivity contribution in [3.8, 4) is 17.2 Å². The van der Waals surface area contributed by atoms with Crippen LogP contribution in [0.2, 0.25) is 0 Å². The Morgan fingerprint density at radius 1 is 1.18 bits per heavy atom. The van der Waals surface area contributed by atoms with E-state index >= 15 is 0 Å². The van der Waals surface area contributed by atoms with Gasteiger partial charge in [-0.3, -0.25) is 19.8 Å². The van der Waals surface area contributed by atoms with Gasteiger partial charge in [-0.05, 0) is 48.4 Å². The summed E-state index contributed by atoms with van der Waals surface area (Å²) in [4.78, 5) is 25.7. The summed E-state index contributed by atoms with van der Waals surface area (Å²) in [6, 6.07) is 15.7. The lowest BCUT2D eigenvalue weighted by Crippen LogP contribution is -2.32. The van der Waals surface area contributed by atoms with Crippen molar-refractivity contribution in [2.24, 2.45) is 0 Å². The molecule has 3 aromatic carbocycles. The van der Waals surface area contributed by atoms with Crippen LogP contribution in [0.1, 0.15) is 32.6 Å². The molecule has 3 aromatic rings. The van der Waals surface area contributed by atoms with Gasteiger partial charge in [-0.15, -0.1) is 0 Å². The molecule has 0 radical (unpaired) electrons. The summed E-state index contributed by atoms with van der Waals surface area (Å²) in [5, 5.41) is 10.9. The van der Waals surface area contributed by atoms with Gasteiger partial charge in [0, 0.05) is 30.8 Å². The Balaban J connectivity index is 1.44. The van der Waals surface area contributed by atoms with Crippen LogP contribution in [0.3, 0.4) is 0 Å². The Hall–Kier alpha value is -4.17. The molecule has 5 rings (SSSR count). The lowest BCUT2D eigenvalue weighted by atomic mass is 9.98. The maximum Gasteiger partial charge on any atom is 0.269 e. The van der Waals surface area contributed by atoms with Crippen LogP contribution in [0.4, 0.5) is 5.69 Å². The summed E-state index contributed by atoms with van der Waals surface area (Å²) in [5.41, 5.74) is 3.79. The van der Waals surface area contributed by atoms with Gasteiger partial charge in [0.05, 0.1) is 23.2 Å². The summed E-state index contributed by atoms with van der Waals surface area (Å²) in [6.45, 7) is 3.43. The van der Waals surface area contributed by atoms with Gasteiger partial charge in [0.25, 0.3) is 5.69 Å². The Bertz CT molecular complexity index is 1330. The normalized spacial score (nSPS) is 15.9. The average molecular weight is 458 g/mol. The van der Waals surface area contributed by atoms with Crippen LogP contribution in [0.25, 0.3) is 6.08 Å². The first kappa shape index (κ1) is 21.7. The number of non-ortho nitro benzene ring substituents is 1. The Kier molecular flexibility index (Phi) is 5.51. The van der Waals surface area contributed by atoms with E-state index < -0.39 is 4.92 Å². The van der Waals surface area contributed by atoms with Crippen LogP contribution in [-0.2, 0) is 13.1 Å². The van der Waals surface area contributed by atoms with Gasteiger partial charge in [0.1, 0.15) is 24.0 Å². The van der Waals surface area contributed by atoms with Crippen molar-refractivity contribution in [2.45, 2.75) is 20.0 Å². The third-order valence-electron chi connectivity index (χ3n) is 5.98. The highest BCUT2D eigenvalue weighted by atomic mass is 16.6. The molecule has 0 bridgehead atoms. The molecule has 0 saturated heterocycles. The molecule has 8 heteroatoms. The van der Waals surface area contributed by atoms with Gasteiger partial charge < -0.3 is 14.2 Å². The second-order valence-electron chi connectivity index (χ2n) is 8.24. The number of fused-ring (bicyclic) bond motifs is 3. The fourth-order valence-corrected chi connectivity index (χ4v) is 4.30. The summed E-state index contributed by atoms with van der Waals surface area (Å²) in [6.07, 6.45) is 1.61. The second-order valence-corrected chi connectivity index (χ2v) is 8.24. The summed E-state index contributed by atoms with van der Waals surface area (Å²) >= 11 is 0. The molecule has 0 unspecified atom stereocenters. The van der Waals surface area contributed by atoms with E-state index in [1.807, 2.05) is 37.3 Å². The van der Waals surface area contributed by atoms with E-state index in [-0.39, 0.29) is 17.2 Å². The molecule has 0 aromatic heterocycles. The molecule has 0 fully saturated rings. The lowest BCUT2D eigenvalue weighted by molar-refractivity contribution is -0.384. The first-order chi connectivity index (χ1) is 16.4. The number of allylic oxidation sites excluding steroid dienone is 1. The zero-order chi connectivity index (χ0) is 23.8. The molecule has 2 aliphatic heterocycles. The molecule has 0 N–H and O–H groups in total. The van der Waals surface area contributed by atoms with Crippen LogP contribution in [0.5, 0.6) is 17.2 Å². The zero-order valence-corrected chi connectivity index (χ0v) is 18.7. The number of benzene rings is 3. The predicted octanol–water partition coefficient (Wildman–Crippen LogP) is 4.88. The van der Waals surface area contributed by atoms with E-state index in [2.05, 4.69) is 4.90 Å². The zero-order valence-electron chi connectivity index (χ0n) is 18.7. The van der Waals surface area contributed by atoms with Gasteiger partial charge in [-0.2, -0.15) is 0 Å². The minimum atomic E-state index is -0.462. The Morgan fingerprint density at radius 2 is 1.94 bits per heavy atom. The van der Waals surface area contributed by atoms with Gasteiger partial charge in [-0.25, -0.2) is 0 Å². The molecule has 8 nitrogen and oxygen atoms in total. The second kappa shape index (κ2) is 8.64. The van der Waals surface area contributed by atoms with Gasteiger partial charge in [0.15, 0.2) is 5.76 Å². The highest BCUT2D eigenvalue weighted by Gasteiger charge is 2.35. The van der Waals surface area contributed by atoms with Crippen LogP contribution in [-0.4, -0.2) is 29.4 Å². The molecule has 34 heavy (non-hydrogen) atoms. The molecular weight excluding hydrogens is 436 g/mol. The predicted molar refractivity (Wildman–Crippen MR) is 125 cm³/mol. The van der Waals surface area contributed by atoms with Crippen molar-refractivity contribution in [2.75, 3.05) is 13.8 Å². The van der Waals surface area contributed by atoms with E-state index in [1.165, 1.54) is 12.1 Å². The third kappa shape index (κ3) is 3.88. The molecule has 0 amide bonds. The lowest BCUT2D eigenvalue weighted by Gasteiger charge is -2.30. The number of Topliss-reactive ketones (excluding diaryl/α,β-unsaturated/α-hetero) is 1. The highest BCUT2D eigenvalue weighted by Crippen LogP contribution is 2.44. The Labute approximate surface area is 196 Å². The number of ether oxygens (including phenoxy) is 3. The number of hydrogen-bond donors (Lipinski definition) is 0. The summed E-state index contributed by atoms with van der Waals surface area (Å²) < 4.78 is 17.6. The maximum absolute atomic E-state index is 13.2. The standard InChI is InChI=1S/C26H22N2O6/c1-16-11-22-20(14-27(15-33-22)13-18-5-3-4-6-21(18)32-2)26-24(16)25(29)23(34-26)12-17-7-9-19(10-8-17)28(30)31/h3-12H,13-15H2,1-2H3/b23-12-. The summed E-state index contributed by atoms with van der Waals surface area (Å²) in [5.74, 6) is 2.00. The number of aryl methyl sites for hydroxylation is 1. The molecular formula is C26H22N2O6. The fraction of sp³-hybridized carbons (Fsp3) is 0.192. The maximum atomic E-state index is 13.2. The quantitative estimate of drug-likeness (QED) is 0.306. The number of carbonyl (C=O) groups is 1. The Morgan fingerprint density at radius 3 is 2.68 bits per heavy atom. The first-order valence-corrected chi connectivity index (χ1v) is 10.8. The third-order valence-corrected chi connectivity index (χ3v) is 5.98. The highest BCUT2D eigenvalue weighted by molar-refractivity contribution is 6.15. The van der Waals surface area contributed by atoms with Crippen LogP contribution in [0.15, 0.2) is 60.4 Å². The monoisotopic (exact) mass is 458 g/mol. The SMILES string of the molecule is COc1ccccc1CN1COc2cc(C)c3c(c2C1)O/C(=C\c1ccc([N+](=O)[O-])cc1)C3=O. The van der Waals surface area contributed by atoms with Crippen molar-refractivity contribution >= 4 is 17.5 Å². The number of methoxy groups -OCH3 is 1. The number of nitrogens with zero attached hydrogens (tertiary/aromatic N) is 2. The number of rotatable bonds is 5. The number of nitro groups is 1. The summed E-state index contributed by atoms with van der Waals surface area (Å²) in [7, 11) is 1.65. The van der Waals surface area contributed by atoms with E-state index in [1.54, 1.807) is 25.3 Å². The topological polar surface area (TPSA) is 91.1 Å². The van der Waals surface area contributed by atoms with Crippen molar-refractivity contribution in [3.05, 3.63) is 98.3 Å². The number of nitro benzene ring substituents is 1. The van der Waals surface area contributed by atoms with Crippen molar-refractivity contribution in [1.29, 1.82) is 0 Å². The molecule has 2 aliphatic rings. The van der Waals surface area contributed by atoms with E-state index in [0.29, 0.717) is 42.4 Å². The molecule has 0 spiro atoms. The minimum Gasteiger partial charge on any atom is -0.496 e. The van der Waals surface area contributed by atoms with Crippen molar-refractivity contribution < 1.29 is 23.9 Å². The first-order valence-electron chi connectivity index (χ1n) is 10.8. The van der Waals surface area contributed by atoms with Gasteiger partial charge in [-0.1, -0.05) is 18.2 Å². The number of para-hydroxylation sites is 1. The number of hydrogen-bond acceptors (Lipinski definition) is 7. The molecule has 0 aliphatic carbocycles. The number of ketones is 1. The fourth-order valence-electron chi connectivity index (χ4n) is 4.30. The molecule has 0 atom stereocenters. The van der Waals surface area contributed by atoms with Crippen molar-refractivity contribution in [3.63, 3.8) is 0 Å². The molecule has 0 saturated carbocycles. The smallest absolute Gasteiger partial charge is 0.269 e. The van der Waals surface area contributed by atoms with Crippen molar-refractivity contribution in [1.82, 2.24) is 4.90 Å². The van der Waals surface area contributed by atoms with E-state index in [4.69, 9.17) is 14.2 Å². The average Bonchev–Trinajstić information content (AvgIpc) is 3.17. The van der Waals surface area contributed by atoms with E-state index in [9.17, 15) is 14.9 Å². The molecule has 172 valence electrons. The minimum absolute atomic E-state index is 0.0127. The van der Waals surface area contributed by atoms with Crippen LogP contribution < -0.4 is 14.2 Å². The van der Waals surface area contributed by atoms with Gasteiger partial charge in [0.2, 0.25) is 5.78 Å². The largest absolute Gasteiger partial charge is 0.496 e. The number of carbonyl (C=O) groups excluding carboxylic acids is 1. The molecule has 2 heterocycles. The van der Waals surface area contributed by atoms with Gasteiger partial charge >= 0.3 is 0 Å². The van der Waals surface area contributed by atoms with Crippen LogP contribution in [0, 0.1) is 17.0 Å².